The third-order valence-electron chi connectivity index (χ3n) is 4.22. The number of aromatic nitrogens is 1. The lowest BCUT2D eigenvalue weighted by Crippen LogP contribution is -1.98. The minimum absolute atomic E-state index is 0.736. The highest BCUT2D eigenvalue weighted by Crippen LogP contribution is 2.32. The standard InChI is InChI=1S/C21H18BrNO/c22-14-5-15-24-17-12-10-16(11-13-17)23-20-8-3-1-6-18(20)19-7-2-4-9-21(19)23/h1-4,6-13H,5,14-15H2. The number of para-hydroxylation sites is 2. The molecule has 0 radical (unpaired) electrons. The number of hydrogen-bond acceptors (Lipinski definition) is 1. The molecule has 0 atom stereocenters. The second kappa shape index (κ2) is 6.70. The van der Waals surface area contributed by atoms with E-state index in [9.17, 15) is 0 Å². The summed E-state index contributed by atoms with van der Waals surface area (Å²) in [7, 11) is 0. The van der Waals surface area contributed by atoms with Gasteiger partial charge in [-0.15, -0.1) is 0 Å². The van der Waals surface area contributed by atoms with E-state index in [1.165, 1.54) is 21.8 Å². The van der Waals surface area contributed by atoms with Gasteiger partial charge in [0.1, 0.15) is 5.75 Å². The maximum absolute atomic E-state index is 5.75. The number of benzene rings is 3. The largest absolute Gasteiger partial charge is 0.494 e. The summed E-state index contributed by atoms with van der Waals surface area (Å²) in [5.74, 6) is 0.917. The maximum atomic E-state index is 5.75. The van der Waals surface area contributed by atoms with Crippen molar-refractivity contribution in [2.75, 3.05) is 11.9 Å². The van der Waals surface area contributed by atoms with Crippen LogP contribution in [-0.2, 0) is 0 Å². The Hall–Kier alpha value is -2.26. The minimum Gasteiger partial charge on any atom is -0.494 e. The van der Waals surface area contributed by atoms with Gasteiger partial charge in [0, 0.05) is 21.8 Å². The van der Waals surface area contributed by atoms with Crippen LogP contribution in [0.15, 0.2) is 72.8 Å². The summed E-state index contributed by atoms with van der Waals surface area (Å²) in [6.45, 7) is 0.736. The van der Waals surface area contributed by atoms with Crippen molar-refractivity contribution in [1.82, 2.24) is 4.57 Å². The molecule has 4 rings (SSSR count). The number of rotatable bonds is 5. The molecule has 0 bridgehead atoms. The minimum atomic E-state index is 0.736. The Morgan fingerprint density at radius 3 is 1.92 bits per heavy atom. The molecule has 0 aliphatic heterocycles. The number of alkyl halides is 1. The molecule has 2 nitrogen and oxygen atoms in total. The SMILES string of the molecule is BrCCCOc1ccc(-n2c3ccccc3c3ccccc32)cc1. The Balaban J connectivity index is 1.80. The second-order valence-corrected chi connectivity index (χ2v) is 6.55. The van der Waals surface area contributed by atoms with Gasteiger partial charge in [-0.2, -0.15) is 0 Å². The van der Waals surface area contributed by atoms with Gasteiger partial charge in [0.2, 0.25) is 0 Å². The van der Waals surface area contributed by atoms with Crippen molar-refractivity contribution in [3.05, 3.63) is 72.8 Å². The van der Waals surface area contributed by atoms with Crippen molar-refractivity contribution in [1.29, 1.82) is 0 Å². The van der Waals surface area contributed by atoms with E-state index in [4.69, 9.17) is 4.74 Å². The van der Waals surface area contributed by atoms with E-state index in [0.29, 0.717) is 0 Å². The van der Waals surface area contributed by atoms with E-state index < -0.39 is 0 Å². The van der Waals surface area contributed by atoms with Gasteiger partial charge in [-0.25, -0.2) is 0 Å². The van der Waals surface area contributed by atoms with Gasteiger partial charge in [0.15, 0.2) is 0 Å². The fourth-order valence-corrected chi connectivity index (χ4v) is 3.37. The molecule has 0 saturated heterocycles. The topological polar surface area (TPSA) is 14.2 Å². The zero-order valence-corrected chi connectivity index (χ0v) is 14.9. The van der Waals surface area contributed by atoms with Crippen molar-refractivity contribution in [2.45, 2.75) is 6.42 Å². The molecule has 0 spiro atoms. The lowest BCUT2D eigenvalue weighted by Gasteiger charge is -2.10. The van der Waals surface area contributed by atoms with E-state index in [2.05, 4.69) is 81.2 Å². The molecular formula is C21H18BrNO. The van der Waals surface area contributed by atoms with E-state index in [0.717, 1.165) is 29.8 Å². The molecule has 3 aromatic carbocycles. The van der Waals surface area contributed by atoms with Gasteiger partial charge in [0.25, 0.3) is 0 Å². The first-order chi connectivity index (χ1) is 11.9. The summed E-state index contributed by atoms with van der Waals surface area (Å²) in [5.41, 5.74) is 3.61. The molecule has 0 aliphatic carbocycles. The van der Waals surface area contributed by atoms with Gasteiger partial charge in [-0.1, -0.05) is 52.3 Å². The second-order valence-electron chi connectivity index (χ2n) is 5.75. The number of hydrogen-bond donors (Lipinski definition) is 0. The van der Waals surface area contributed by atoms with Crippen molar-refractivity contribution in [3.63, 3.8) is 0 Å². The predicted octanol–water partition coefficient (Wildman–Crippen LogP) is 5.95. The predicted molar refractivity (Wildman–Crippen MR) is 105 cm³/mol. The van der Waals surface area contributed by atoms with Gasteiger partial charge in [-0.05, 0) is 42.8 Å². The van der Waals surface area contributed by atoms with Gasteiger partial charge >= 0.3 is 0 Å². The van der Waals surface area contributed by atoms with Crippen molar-refractivity contribution < 1.29 is 4.74 Å². The Labute approximate surface area is 149 Å². The van der Waals surface area contributed by atoms with Gasteiger partial charge < -0.3 is 9.30 Å². The van der Waals surface area contributed by atoms with Crippen LogP contribution in [0.4, 0.5) is 0 Å². The Morgan fingerprint density at radius 2 is 1.33 bits per heavy atom. The Bertz CT molecular complexity index is 919. The fourth-order valence-electron chi connectivity index (χ4n) is 3.14. The van der Waals surface area contributed by atoms with E-state index in [1.54, 1.807) is 0 Å². The van der Waals surface area contributed by atoms with Gasteiger partial charge in [0.05, 0.1) is 17.6 Å². The summed E-state index contributed by atoms with van der Waals surface area (Å²) >= 11 is 3.42. The van der Waals surface area contributed by atoms with Crippen LogP contribution in [0.1, 0.15) is 6.42 Å². The van der Waals surface area contributed by atoms with Crippen LogP contribution in [0.2, 0.25) is 0 Å². The fraction of sp³-hybridized carbons (Fsp3) is 0.143. The number of fused-ring (bicyclic) bond motifs is 3. The third-order valence-corrected chi connectivity index (χ3v) is 4.78. The summed E-state index contributed by atoms with van der Waals surface area (Å²) in [5, 5.41) is 3.53. The average Bonchev–Trinajstić information content (AvgIpc) is 2.97. The van der Waals surface area contributed by atoms with E-state index >= 15 is 0 Å². The molecule has 120 valence electrons. The molecule has 3 heteroatoms. The van der Waals surface area contributed by atoms with Crippen LogP contribution in [0.5, 0.6) is 5.75 Å². The molecular weight excluding hydrogens is 362 g/mol. The molecule has 0 amide bonds. The van der Waals surface area contributed by atoms with Crippen molar-refractivity contribution >= 4 is 37.7 Å². The monoisotopic (exact) mass is 379 g/mol. The van der Waals surface area contributed by atoms with Gasteiger partial charge in [-0.3, -0.25) is 0 Å². The average molecular weight is 380 g/mol. The van der Waals surface area contributed by atoms with E-state index in [1.807, 2.05) is 12.1 Å². The number of halogens is 1. The molecule has 0 fully saturated rings. The summed E-state index contributed by atoms with van der Waals surface area (Å²) in [4.78, 5) is 0. The first-order valence-electron chi connectivity index (χ1n) is 8.16. The molecule has 1 heterocycles. The van der Waals surface area contributed by atoms with Crippen LogP contribution in [0.25, 0.3) is 27.5 Å². The highest BCUT2D eigenvalue weighted by atomic mass is 79.9. The molecule has 0 N–H and O–H groups in total. The maximum Gasteiger partial charge on any atom is 0.119 e. The number of nitrogens with zero attached hydrogens (tertiary/aromatic N) is 1. The first kappa shape index (κ1) is 15.3. The normalized spacial score (nSPS) is 11.2. The number of ether oxygens (including phenoxy) is 1. The quantitative estimate of drug-likeness (QED) is 0.308. The van der Waals surface area contributed by atoms with Crippen molar-refractivity contribution in [3.8, 4) is 11.4 Å². The summed E-state index contributed by atoms with van der Waals surface area (Å²) in [6.07, 6.45) is 1.01. The third kappa shape index (κ3) is 2.69. The highest BCUT2D eigenvalue weighted by molar-refractivity contribution is 9.09. The van der Waals surface area contributed by atoms with Crippen LogP contribution in [-0.4, -0.2) is 16.5 Å². The van der Waals surface area contributed by atoms with Crippen LogP contribution in [0, 0.1) is 0 Å². The van der Waals surface area contributed by atoms with E-state index in [-0.39, 0.29) is 0 Å². The lowest BCUT2D eigenvalue weighted by atomic mass is 10.2. The molecule has 0 unspecified atom stereocenters. The smallest absolute Gasteiger partial charge is 0.119 e. The Morgan fingerprint density at radius 1 is 0.750 bits per heavy atom. The highest BCUT2D eigenvalue weighted by Gasteiger charge is 2.10. The molecule has 0 aliphatic rings. The zero-order chi connectivity index (χ0) is 16.4. The molecule has 24 heavy (non-hydrogen) atoms. The summed E-state index contributed by atoms with van der Waals surface area (Å²) < 4.78 is 8.07. The van der Waals surface area contributed by atoms with Crippen LogP contribution >= 0.6 is 15.9 Å². The molecule has 4 aromatic rings. The molecule has 1 aromatic heterocycles. The Kier molecular flexibility index (Phi) is 4.26. The molecule has 0 saturated carbocycles. The van der Waals surface area contributed by atoms with Crippen LogP contribution in [0.3, 0.4) is 0 Å². The zero-order valence-electron chi connectivity index (χ0n) is 13.3. The summed E-state index contributed by atoms with van der Waals surface area (Å²) in [6, 6.07) is 25.5. The first-order valence-corrected chi connectivity index (χ1v) is 9.28. The lowest BCUT2D eigenvalue weighted by molar-refractivity contribution is 0.319. The van der Waals surface area contributed by atoms with Crippen LogP contribution < -0.4 is 4.74 Å². The van der Waals surface area contributed by atoms with Crippen molar-refractivity contribution in [2.24, 2.45) is 0 Å².